The van der Waals surface area contributed by atoms with Crippen LogP contribution < -0.4 is 9.64 Å². The molecule has 0 aromatic heterocycles. The van der Waals surface area contributed by atoms with Gasteiger partial charge in [-0.3, -0.25) is 0 Å². The van der Waals surface area contributed by atoms with Gasteiger partial charge in [-0.15, -0.1) is 0 Å². The number of rotatable bonds is 3. The van der Waals surface area contributed by atoms with Gasteiger partial charge in [-0.25, -0.2) is 4.79 Å². The van der Waals surface area contributed by atoms with Crippen LogP contribution in [-0.4, -0.2) is 31.3 Å². The molecule has 0 amide bonds. The maximum Gasteiger partial charge on any atom is 0.337 e. The Bertz CT molecular complexity index is 511. The zero-order valence-corrected chi connectivity index (χ0v) is 13.3. The van der Waals surface area contributed by atoms with E-state index in [1.807, 2.05) is 6.07 Å². The lowest BCUT2D eigenvalue weighted by atomic mass is 9.75. The summed E-state index contributed by atoms with van der Waals surface area (Å²) >= 11 is 0. The van der Waals surface area contributed by atoms with E-state index in [1.165, 1.54) is 0 Å². The summed E-state index contributed by atoms with van der Waals surface area (Å²) in [5, 5.41) is 9.37. The van der Waals surface area contributed by atoms with Crippen LogP contribution in [0.3, 0.4) is 0 Å². The smallest absolute Gasteiger partial charge is 0.337 e. The quantitative estimate of drug-likeness (QED) is 0.923. The van der Waals surface area contributed by atoms with Crippen LogP contribution in [0.5, 0.6) is 5.75 Å². The van der Waals surface area contributed by atoms with Crippen molar-refractivity contribution in [1.29, 1.82) is 0 Å². The lowest BCUT2D eigenvalue weighted by molar-refractivity contribution is 0.0697. The highest BCUT2D eigenvalue weighted by Gasteiger charge is 2.30. The molecule has 0 unspecified atom stereocenters. The molecule has 1 aromatic rings. The van der Waals surface area contributed by atoms with E-state index < -0.39 is 5.97 Å². The third kappa shape index (κ3) is 3.49. The summed E-state index contributed by atoms with van der Waals surface area (Å²) in [6, 6.07) is 5.17. The maximum atomic E-state index is 11.4. The summed E-state index contributed by atoms with van der Waals surface area (Å²) in [6.07, 6.45) is 2.19. The normalized spacial score (nSPS) is 16.9. The summed E-state index contributed by atoms with van der Waals surface area (Å²) in [4.78, 5) is 13.6. The fraction of sp³-hybridized carbons (Fsp3) is 0.588. The van der Waals surface area contributed by atoms with Crippen molar-refractivity contribution in [3.63, 3.8) is 0 Å². The van der Waals surface area contributed by atoms with Crippen molar-refractivity contribution >= 4 is 11.7 Å². The number of ether oxygens (including phenoxy) is 1. The summed E-state index contributed by atoms with van der Waals surface area (Å²) in [5.74, 6) is 0.506. The highest BCUT2D eigenvalue weighted by atomic mass is 16.5. The monoisotopic (exact) mass is 291 g/mol. The van der Waals surface area contributed by atoms with Gasteiger partial charge >= 0.3 is 5.97 Å². The predicted molar refractivity (Wildman–Crippen MR) is 84.3 cm³/mol. The van der Waals surface area contributed by atoms with Crippen molar-refractivity contribution < 1.29 is 14.6 Å². The molecule has 1 saturated heterocycles. The Morgan fingerprint density at radius 3 is 2.38 bits per heavy atom. The second-order valence-electron chi connectivity index (χ2n) is 6.82. The van der Waals surface area contributed by atoms with Crippen molar-refractivity contribution in [3.05, 3.63) is 23.8 Å². The Labute approximate surface area is 126 Å². The second-order valence-corrected chi connectivity index (χ2v) is 6.82. The van der Waals surface area contributed by atoms with Crippen LogP contribution in [0.1, 0.15) is 44.0 Å². The topological polar surface area (TPSA) is 49.8 Å². The number of benzene rings is 1. The molecule has 1 N–H and O–H groups in total. The first-order valence-electron chi connectivity index (χ1n) is 7.49. The average molecular weight is 291 g/mol. The molecule has 2 rings (SSSR count). The molecule has 1 aliphatic heterocycles. The van der Waals surface area contributed by atoms with Crippen LogP contribution >= 0.6 is 0 Å². The van der Waals surface area contributed by atoms with Gasteiger partial charge in [0.1, 0.15) is 5.75 Å². The Morgan fingerprint density at radius 2 is 1.90 bits per heavy atom. The van der Waals surface area contributed by atoms with E-state index in [1.54, 1.807) is 19.2 Å². The van der Waals surface area contributed by atoms with E-state index in [0.29, 0.717) is 22.6 Å². The first-order valence-corrected chi connectivity index (χ1v) is 7.49. The van der Waals surface area contributed by atoms with Crippen LogP contribution in [0, 0.1) is 11.3 Å². The molecule has 4 nitrogen and oxygen atoms in total. The molecule has 0 radical (unpaired) electrons. The number of nitrogens with zero attached hydrogens (tertiary/aromatic N) is 1. The molecule has 1 heterocycles. The third-order valence-corrected chi connectivity index (χ3v) is 4.50. The second kappa shape index (κ2) is 5.96. The van der Waals surface area contributed by atoms with Gasteiger partial charge in [-0.05, 0) is 36.3 Å². The number of anilines is 1. The van der Waals surface area contributed by atoms with E-state index in [2.05, 4.69) is 25.7 Å². The Kier molecular flexibility index (Phi) is 4.45. The van der Waals surface area contributed by atoms with E-state index in [9.17, 15) is 9.90 Å². The van der Waals surface area contributed by atoms with Gasteiger partial charge in [0, 0.05) is 19.2 Å². The van der Waals surface area contributed by atoms with E-state index in [0.717, 1.165) is 31.6 Å². The van der Waals surface area contributed by atoms with Gasteiger partial charge in [0.2, 0.25) is 0 Å². The lowest BCUT2D eigenvalue weighted by Crippen LogP contribution is -2.38. The molecule has 0 aliphatic carbocycles. The highest BCUT2D eigenvalue weighted by Crippen LogP contribution is 2.37. The summed E-state index contributed by atoms with van der Waals surface area (Å²) in [7, 11) is 1.60. The fourth-order valence-electron chi connectivity index (χ4n) is 3.07. The van der Waals surface area contributed by atoms with Crippen molar-refractivity contribution in [1.82, 2.24) is 0 Å². The van der Waals surface area contributed by atoms with Gasteiger partial charge in [-0.1, -0.05) is 20.8 Å². The highest BCUT2D eigenvalue weighted by molar-refractivity contribution is 5.94. The fourth-order valence-corrected chi connectivity index (χ4v) is 3.07. The minimum absolute atomic E-state index is 0.316. The number of carboxylic acid groups (broad SMARTS) is 1. The molecule has 1 aliphatic rings. The van der Waals surface area contributed by atoms with Crippen molar-refractivity contribution in [2.75, 3.05) is 25.1 Å². The van der Waals surface area contributed by atoms with E-state index in [-0.39, 0.29) is 0 Å². The summed E-state index contributed by atoms with van der Waals surface area (Å²) < 4.78 is 5.24. The van der Waals surface area contributed by atoms with Crippen LogP contribution in [0.4, 0.5) is 5.69 Å². The molecule has 116 valence electrons. The molecular formula is C17H25NO3. The minimum Gasteiger partial charge on any atom is -0.497 e. The molecule has 0 saturated carbocycles. The molecular weight excluding hydrogens is 266 g/mol. The number of hydrogen-bond acceptors (Lipinski definition) is 3. The van der Waals surface area contributed by atoms with E-state index in [4.69, 9.17) is 4.74 Å². The molecule has 1 aromatic carbocycles. The number of carboxylic acids is 1. The SMILES string of the molecule is COc1ccc(C(=O)O)c(N2CCC(C(C)(C)C)CC2)c1. The Morgan fingerprint density at radius 1 is 1.29 bits per heavy atom. The minimum atomic E-state index is -0.884. The van der Waals surface area contributed by atoms with Crippen LogP contribution in [-0.2, 0) is 0 Å². The van der Waals surface area contributed by atoms with E-state index >= 15 is 0 Å². The Balaban J connectivity index is 2.21. The molecule has 4 heteroatoms. The number of methoxy groups -OCH3 is 1. The first-order chi connectivity index (χ1) is 9.82. The molecule has 0 atom stereocenters. The van der Waals surface area contributed by atoms with Crippen molar-refractivity contribution in [2.45, 2.75) is 33.6 Å². The van der Waals surface area contributed by atoms with Crippen LogP contribution in [0.25, 0.3) is 0 Å². The molecule has 1 fully saturated rings. The predicted octanol–water partition coefficient (Wildman–Crippen LogP) is 3.66. The van der Waals surface area contributed by atoms with Crippen molar-refractivity contribution in [3.8, 4) is 5.75 Å². The number of piperidine rings is 1. The number of hydrogen-bond donors (Lipinski definition) is 1. The van der Waals surface area contributed by atoms with Gasteiger partial charge in [0.25, 0.3) is 0 Å². The van der Waals surface area contributed by atoms with Crippen LogP contribution in [0.2, 0.25) is 0 Å². The maximum absolute atomic E-state index is 11.4. The lowest BCUT2D eigenvalue weighted by Gasteiger charge is -2.40. The first kappa shape index (κ1) is 15.7. The molecule has 0 bridgehead atoms. The zero-order valence-electron chi connectivity index (χ0n) is 13.3. The van der Waals surface area contributed by atoms with Crippen molar-refractivity contribution in [2.24, 2.45) is 11.3 Å². The summed E-state index contributed by atoms with van der Waals surface area (Å²) in [6.45, 7) is 8.63. The molecule has 21 heavy (non-hydrogen) atoms. The summed E-state index contributed by atoms with van der Waals surface area (Å²) in [5.41, 5.74) is 1.44. The number of aromatic carboxylic acids is 1. The van der Waals surface area contributed by atoms with Gasteiger partial charge in [0.05, 0.1) is 18.4 Å². The third-order valence-electron chi connectivity index (χ3n) is 4.50. The Hall–Kier alpha value is -1.71. The standard InChI is InChI=1S/C17H25NO3/c1-17(2,3)12-7-9-18(10-8-12)15-11-13(21-4)5-6-14(15)16(19)20/h5-6,11-12H,7-10H2,1-4H3,(H,19,20). The molecule has 0 spiro atoms. The zero-order chi connectivity index (χ0) is 15.6. The van der Waals surface area contributed by atoms with Gasteiger partial charge < -0.3 is 14.7 Å². The van der Waals surface area contributed by atoms with Gasteiger partial charge in [-0.2, -0.15) is 0 Å². The van der Waals surface area contributed by atoms with Crippen LogP contribution in [0.15, 0.2) is 18.2 Å². The number of carbonyl (C=O) groups is 1. The largest absolute Gasteiger partial charge is 0.497 e. The van der Waals surface area contributed by atoms with Gasteiger partial charge in [0.15, 0.2) is 0 Å². The average Bonchev–Trinajstić information content (AvgIpc) is 2.45.